The molecule has 0 fully saturated rings. The van der Waals surface area contributed by atoms with Gasteiger partial charge in [-0.3, -0.25) is 0 Å². The van der Waals surface area contributed by atoms with Crippen molar-refractivity contribution in [2.45, 2.75) is 18.1 Å². The molecule has 0 aliphatic carbocycles. The number of rotatable bonds is 7. The van der Waals surface area contributed by atoms with Gasteiger partial charge in [0.1, 0.15) is 5.75 Å². The first kappa shape index (κ1) is 14.0. The molecule has 0 spiro atoms. The first-order chi connectivity index (χ1) is 9.29. The maximum Gasteiger partial charge on any atom is 0.167 e. The predicted octanol–water partition coefficient (Wildman–Crippen LogP) is 2.44. The molecule has 1 aromatic heterocycles. The molecule has 0 bridgehead atoms. The van der Waals surface area contributed by atoms with E-state index in [4.69, 9.17) is 10.5 Å². The van der Waals surface area contributed by atoms with E-state index >= 15 is 0 Å². The average Bonchev–Trinajstić information content (AvgIpc) is 2.85. The van der Waals surface area contributed by atoms with Gasteiger partial charge in [0, 0.05) is 31.7 Å². The zero-order chi connectivity index (χ0) is 13.5. The Morgan fingerprint density at radius 2 is 2.11 bits per heavy atom. The molecule has 102 valence electrons. The fourth-order valence-corrected chi connectivity index (χ4v) is 2.47. The van der Waals surface area contributed by atoms with Gasteiger partial charge in [-0.05, 0) is 24.1 Å². The Morgan fingerprint density at radius 1 is 1.32 bits per heavy atom. The third kappa shape index (κ3) is 4.29. The Bertz CT molecular complexity index is 496. The Morgan fingerprint density at radius 3 is 2.74 bits per heavy atom. The second kappa shape index (κ2) is 7.21. The topological polar surface area (TPSA) is 53.1 Å². The van der Waals surface area contributed by atoms with E-state index in [9.17, 15) is 0 Å². The number of nitrogens with zero attached hydrogens (tertiary/aromatic N) is 2. The van der Waals surface area contributed by atoms with Crippen molar-refractivity contribution in [2.75, 3.05) is 12.4 Å². The van der Waals surface area contributed by atoms with Crippen LogP contribution in [0, 0.1) is 0 Å². The van der Waals surface area contributed by atoms with Crippen LogP contribution in [0.1, 0.15) is 12.0 Å². The van der Waals surface area contributed by atoms with Crippen LogP contribution < -0.4 is 10.5 Å². The van der Waals surface area contributed by atoms with Crippen LogP contribution in [0.2, 0.25) is 0 Å². The number of imidazole rings is 1. The van der Waals surface area contributed by atoms with Gasteiger partial charge in [0.2, 0.25) is 0 Å². The molecule has 0 atom stereocenters. The third-order valence-corrected chi connectivity index (χ3v) is 3.87. The van der Waals surface area contributed by atoms with Gasteiger partial charge in [-0.1, -0.05) is 23.9 Å². The maximum absolute atomic E-state index is 5.67. The van der Waals surface area contributed by atoms with Crippen molar-refractivity contribution in [1.29, 1.82) is 0 Å². The quantitative estimate of drug-likeness (QED) is 0.624. The summed E-state index contributed by atoms with van der Waals surface area (Å²) in [5.74, 6) is 1.91. The van der Waals surface area contributed by atoms with Gasteiger partial charge in [0.25, 0.3) is 0 Å². The van der Waals surface area contributed by atoms with Crippen molar-refractivity contribution in [3.63, 3.8) is 0 Å². The number of hydrogen-bond acceptors (Lipinski definition) is 4. The van der Waals surface area contributed by atoms with Crippen molar-refractivity contribution in [1.82, 2.24) is 9.55 Å². The van der Waals surface area contributed by atoms with Crippen LogP contribution in [0.5, 0.6) is 5.75 Å². The van der Waals surface area contributed by atoms with Gasteiger partial charge < -0.3 is 15.0 Å². The molecule has 0 unspecified atom stereocenters. The SMILES string of the molecule is Cn1ccnc1SCCCOc1ccc(CN)cc1. The monoisotopic (exact) mass is 277 g/mol. The van der Waals surface area contributed by atoms with E-state index in [2.05, 4.69) is 4.98 Å². The lowest BCUT2D eigenvalue weighted by molar-refractivity contribution is 0.318. The normalized spacial score (nSPS) is 10.6. The predicted molar refractivity (Wildman–Crippen MR) is 78.4 cm³/mol. The van der Waals surface area contributed by atoms with E-state index in [1.54, 1.807) is 11.8 Å². The molecule has 0 amide bonds. The van der Waals surface area contributed by atoms with E-state index < -0.39 is 0 Å². The van der Waals surface area contributed by atoms with E-state index in [0.717, 1.165) is 35.2 Å². The summed E-state index contributed by atoms with van der Waals surface area (Å²) in [7, 11) is 2.00. The molecule has 2 N–H and O–H groups in total. The Kier molecular flexibility index (Phi) is 5.30. The summed E-state index contributed by atoms with van der Waals surface area (Å²) in [5, 5.41) is 1.05. The van der Waals surface area contributed by atoms with Gasteiger partial charge in [-0.15, -0.1) is 0 Å². The van der Waals surface area contributed by atoms with Crippen LogP contribution in [-0.2, 0) is 13.6 Å². The summed E-state index contributed by atoms with van der Waals surface area (Å²) < 4.78 is 7.70. The number of aryl methyl sites for hydroxylation is 1. The van der Waals surface area contributed by atoms with Gasteiger partial charge in [0.05, 0.1) is 6.61 Å². The highest BCUT2D eigenvalue weighted by atomic mass is 32.2. The lowest BCUT2D eigenvalue weighted by atomic mass is 10.2. The average molecular weight is 277 g/mol. The van der Waals surface area contributed by atoms with Crippen LogP contribution in [0.15, 0.2) is 41.8 Å². The number of nitrogens with two attached hydrogens (primary N) is 1. The number of thioether (sulfide) groups is 1. The molecule has 0 aliphatic rings. The van der Waals surface area contributed by atoms with Crippen molar-refractivity contribution in [3.05, 3.63) is 42.2 Å². The van der Waals surface area contributed by atoms with Crippen LogP contribution in [0.25, 0.3) is 0 Å². The van der Waals surface area contributed by atoms with Gasteiger partial charge >= 0.3 is 0 Å². The summed E-state index contributed by atoms with van der Waals surface area (Å²) >= 11 is 1.75. The fourth-order valence-electron chi connectivity index (χ4n) is 1.63. The zero-order valence-corrected chi connectivity index (χ0v) is 11.9. The first-order valence-corrected chi connectivity index (χ1v) is 7.30. The summed E-state index contributed by atoms with van der Waals surface area (Å²) in [6.07, 6.45) is 4.77. The molecule has 1 heterocycles. The van der Waals surface area contributed by atoms with Gasteiger partial charge in [0.15, 0.2) is 5.16 Å². The molecule has 19 heavy (non-hydrogen) atoms. The second-order valence-corrected chi connectivity index (χ2v) is 5.28. The highest BCUT2D eigenvalue weighted by Crippen LogP contribution is 2.16. The standard InChI is InChI=1S/C14H19N3OS/c1-17-8-7-16-14(17)19-10-2-9-18-13-5-3-12(11-15)4-6-13/h3-8H,2,9-11,15H2,1H3. The molecule has 1 aromatic carbocycles. The number of hydrogen-bond donors (Lipinski definition) is 1. The molecule has 4 nitrogen and oxygen atoms in total. The summed E-state index contributed by atoms with van der Waals surface area (Å²) in [6, 6.07) is 7.93. The highest BCUT2D eigenvalue weighted by molar-refractivity contribution is 7.99. The lowest BCUT2D eigenvalue weighted by Gasteiger charge is -2.06. The molecule has 2 rings (SSSR count). The Labute approximate surface area is 118 Å². The van der Waals surface area contributed by atoms with Crippen LogP contribution >= 0.6 is 11.8 Å². The molecule has 0 saturated heterocycles. The maximum atomic E-state index is 5.67. The number of ether oxygens (including phenoxy) is 1. The minimum Gasteiger partial charge on any atom is -0.494 e. The minimum absolute atomic E-state index is 0.570. The lowest BCUT2D eigenvalue weighted by Crippen LogP contribution is -2.00. The van der Waals surface area contributed by atoms with Crippen molar-refractivity contribution >= 4 is 11.8 Å². The van der Waals surface area contributed by atoms with Crippen LogP contribution in [0.3, 0.4) is 0 Å². The summed E-state index contributed by atoms with van der Waals surface area (Å²) in [4.78, 5) is 4.26. The molecule has 0 aliphatic heterocycles. The van der Waals surface area contributed by atoms with E-state index in [1.807, 2.05) is 48.3 Å². The molecule has 0 saturated carbocycles. The smallest absolute Gasteiger partial charge is 0.167 e. The van der Waals surface area contributed by atoms with E-state index in [0.29, 0.717) is 6.54 Å². The van der Waals surface area contributed by atoms with Gasteiger partial charge in [-0.25, -0.2) is 4.98 Å². The molecule has 2 aromatic rings. The Balaban J connectivity index is 1.65. The summed E-state index contributed by atoms with van der Waals surface area (Å²) in [6.45, 7) is 1.29. The fraction of sp³-hybridized carbons (Fsp3) is 0.357. The molecular formula is C14H19N3OS. The van der Waals surface area contributed by atoms with E-state index in [-0.39, 0.29) is 0 Å². The number of aromatic nitrogens is 2. The molecule has 5 heteroatoms. The Hall–Kier alpha value is -1.46. The highest BCUT2D eigenvalue weighted by Gasteiger charge is 2.00. The van der Waals surface area contributed by atoms with Crippen LogP contribution in [0.4, 0.5) is 0 Å². The first-order valence-electron chi connectivity index (χ1n) is 6.31. The van der Waals surface area contributed by atoms with Crippen molar-refractivity contribution in [3.8, 4) is 5.75 Å². The molecule has 0 radical (unpaired) electrons. The number of benzene rings is 1. The minimum atomic E-state index is 0.570. The second-order valence-electron chi connectivity index (χ2n) is 4.22. The zero-order valence-electron chi connectivity index (χ0n) is 11.1. The summed E-state index contributed by atoms with van der Waals surface area (Å²) in [5.41, 5.74) is 6.67. The van der Waals surface area contributed by atoms with Crippen molar-refractivity contribution < 1.29 is 4.74 Å². The van der Waals surface area contributed by atoms with Crippen LogP contribution in [-0.4, -0.2) is 21.9 Å². The molecular weight excluding hydrogens is 258 g/mol. The third-order valence-electron chi connectivity index (χ3n) is 2.72. The van der Waals surface area contributed by atoms with Gasteiger partial charge in [-0.2, -0.15) is 0 Å². The largest absolute Gasteiger partial charge is 0.494 e. The van der Waals surface area contributed by atoms with Crippen molar-refractivity contribution in [2.24, 2.45) is 12.8 Å². The van der Waals surface area contributed by atoms with E-state index in [1.165, 1.54) is 0 Å².